The van der Waals surface area contributed by atoms with Crippen LogP contribution in [0, 0.1) is 25.6 Å². The van der Waals surface area contributed by atoms with E-state index in [1.165, 1.54) is 18.2 Å². The van der Waals surface area contributed by atoms with E-state index in [4.69, 9.17) is 4.52 Å². The fourth-order valence-corrected chi connectivity index (χ4v) is 2.95. The van der Waals surface area contributed by atoms with Crippen molar-refractivity contribution in [1.29, 1.82) is 0 Å². The zero-order chi connectivity index (χ0) is 16.6. The molecule has 1 aromatic carbocycles. The van der Waals surface area contributed by atoms with Crippen LogP contribution in [0.3, 0.4) is 0 Å². The third kappa shape index (κ3) is 3.27. The van der Waals surface area contributed by atoms with Gasteiger partial charge < -0.3 is 14.5 Å². The quantitative estimate of drug-likeness (QED) is 0.941. The van der Waals surface area contributed by atoms with E-state index < -0.39 is 6.10 Å². The van der Waals surface area contributed by atoms with Gasteiger partial charge in [-0.05, 0) is 37.6 Å². The summed E-state index contributed by atoms with van der Waals surface area (Å²) in [5.74, 6) is 0.0938. The number of aliphatic hydroxyl groups excluding tert-OH is 1. The average molecular weight is 318 g/mol. The fraction of sp³-hybridized carbons (Fsp3) is 0.412. The molecule has 6 heteroatoms. The van der Waals surface area contributed by atoms with Crippen molar-refractivity contribution in [2.45, 2.75) is 26.4 Å². The molecule has 5 nitrogen and oxygen atoms in total. The van der Waals surface area contributed by atoms with E-state index in [0.717, 1.165) is 5.69 Å². The summed E-state index contributed by atoms with van der Waals surface area (Å²) in [7, 11) is 0. The van der Waals surface area contributed by atoms with Gasteiger partial charge >= 0.3 is 0 Å². The van der Waals surface area contributed by atoms with Crippen molar-refractivity contribution in [3.8, 4) is 0 Å². The Morgan fingerprint density at radius 1 is 1.39 bits per heavy atom. The van der Waals surface area contributed by atoms with Crippen LogP contribution in [0.1, 0.15) is 27.4 Å². The van der Waals surface area contributed by atoms with Gasteiger partial charge in [0.05, 0.1) is 11.8 Å². The summed E-state index contributed by atoms with van der Waals surface area (Å²) in [6.07, 6.45) is -0.0697. The Morgan fingerprint density at radius 3 is 2.83 bits per heavy atom. The van der Waals surface area contributed by atoms with E-state index in [2.05, 4.69) is 5.16 Å². The van der Waals surface area contributed by atoms with Gasteiger partial charge in [-0.2, -0.15) is 0 Å². The maximum absolute atomic E-state index is 13.3. The number of aryl methyl sites for hydroxylation is 2. The molecule has 0 unspecified atom stereocenters. The zero-order valence-corrected chi connectivity index (χ0v) is 13.1. The second-order valence-corrected chi connectivity index (χ2v) is 6.14. The molecular formula is C17H19FN2O3. The van der Waals surface area contributed by atoms with Gasteiger partial charge in [-0.1, -0.05) is 5.16 Å². The highest BCUT2D eigenvalue weighted by atomic mass is 19.1. The van der Waals surface area contributed by atoms with E-state index >= 15 is 0 Å². The summed E-state index contributed by atoms with van der Waals surface area (Å²) in [5.41, 5.74) is 1.67. The van der Waals surface area contributed by atoms with Gasteiger partial charge in [0.2, 0.25) is 0 Å². The van der Waals surface area contributed by atoms with Crippen LogP contribution in [0.15, 0.2) is 28.8 Å². The molecule has 1 N–H and O–H groups in total. The minimum absolute atomic E-state index is 0.0900. The summed E-state index contributed by atoms with van der Waals surface area (Å²) >= 11 is 0. The monoisotopic (exact) mass is 318 g/mol. The molecule has 0 radical (unpaired) electrons. The van der Waals surface area contributed by atoms with Crippen molar-refractivity contribution in [3.63, 3.8) is 0 Å². The molecule has 3 rings (SSSR count). The standard InChI is InChI=1S/C17H19FN2O3/c1-10-5-12(3-4-15(10)18)17(22)20-8-13(16(21)9-20)7-14-6-11(2)19-23-14/h3-6,13,16,21H,7-9H2,1-2H3/t13-,16-/m1/s1. The molecule has 0 saturated carbocycles. The van der Waals surface area contributed by atoms with E-state index in [0.29, 0.717) is 29.9 Å². The number of aliphatic hydroxyl groups is 1. The molecule has 1 aliphatic heterocycles. The van der Waals surface area contributed by atoms with Crippen LogP contribution in [0.4, 0.5) is 4.39 Å². The van der Waals surface area contributed by atoms with Crippen molar-refractivity contribution in [1.82, 2.24) is 10.1 Å². The van der Waals surface area contributed by atoms with Crippen molar-refractivity contribution < 1.29 is 18.8 Å². The van der Waals surface area contributed by atoms with E-state index in [9.17, 15) is 14.3 Å². The number of benzene rings is 1. The number of nitrogens with zero attached hydrogens (tertiary/aromatic N) is 2. The smallest absolute Gasteiger partial charge is 0.253 e. The normalized spacial score (nSPS) is 21.0. The third-order valence-electron chi connectivity index (χ3n) is 4.24. The molecule has 2 heterocycles. The molecule has 0 spiro atoms. The molecule has 1 amide bonds. The molecule has 122 valence electrons. The number of hydrogen-bond acceptors (Lipinski definition) is 4. The highest BCUT2D eigenvalue weighted by Gasteiger charge is 2.35. The zero-order valence-electron chi connectivity index (χ0n) is 13.1. The Morgan fingerprint density at radius 2 is 2.17 bits per heavy atom. The molecule has 1 aliphatic rings. The number of carbonyl (C=O) groups is 1. The molecule has 23 heavy (non-hydrogen) atoms. The lowest BCUT2D eigenvalue weighted by Crippen LogP contribution is -2.29. The second kappa shape index (κ2) is 6.12. The molecule has 1 aromatic heterocycles. The maximum Gasteiger partial charge on any atom is 0.253 e. The van der Waals surface area contributed by atoms with Gasteiger partial charge in [0.15, 0.2) is 0 Å². The average Bonchev–Trinajstić information content (AvgIpc) is 3.08. The third-order valence-corrected chi connectivity index (χ3v) is 4.24. The summed E-state index contributed by atoms with van der Waals surface area (Å²) in [4.78, 5) is 14.1. The van der Waals surface area contributed by atoms with Crippen LogP contribution >= 0.6 is 0 Å². The molecule has 0 aliphatic carbocycles. The Kier molecular flexibility index (Phi) is 4.17. The van der Waals surface area contributed by atoms with Crippen molar-refractivity contribution >= 4 is 5.91 Å². The Hall–Kier alpha value is -2.21. The Balaban J connectivity index is 1.69. The van der Waals surface area contributed by atoms with Gasteiger partial charge in [0, 0.05) is 37.1 Å². The Bertz CT molecular complexity index is 728. The lowest BCUT2D eigenvalue weighted by molar-refractivity contribution is 0.0764. The number of β-amino-alcohol motifs (C(OH)–C–C–N with tert-alkyl or cyclic N) is 1. The maximum atomic E-state index is 13.3. The van der Waals surface area contributed by atoms with Crippen molar-refractivity contribution in [2.75, 3.05) is 13.1 Å². The molecule has 0 bridgehead atoms. The SMILES string of the molecule is Cc1cc(C[C@@H]2CN(C(=O)c3ccc(F)c(C)c3)C[C@H]2O)on1. The van der Waals surface area contributed by atoms with Crippen LogP contribution in [0.25, 0.3) is 0 Å². The number of carbonyl (C=O) groups excluding carboxylic acids is 1. The minimum atomic E-state index is -0.606. The van der Waals surface area contributed by atoms with E-state index in [-0.39, 0.29) is 24.2 Å². The van der Waals surface area contributed by atoms with Gasteiger partial charge in [-0.3, -0.25) is 4.79 Å². The lowest BCUT2D eigenvalue weighted by Gasteiger charge is -2.16. The second-order valence-electron chi connectivity index (χ2n) is 6.14. The lowest BCUT2D eigenvalue weighted by atomic mass is 10.0. The Labute approximate surface area is 133 Å². The van der Waals surface area contributed by atoms with Gasteiger partial charge in [-0.15, -0.1) is 0 Å². The molecular weight excluding hydrogens is 299 g/mol. The number of aromatic nitrogens is 1. The summed E-state index contributed by atoms with van der Waals surface area (Å²) in [5, 5.41) is 14.0. The molecule has 1 saturated heterocycles. The number of halogens is 1. The van der Waals surface area contributed by atoms with Crippen LogP contribution in [0.5, 0.6) is 0 Å². The molecule has 2 aromatic rings. The predicted molar refractivity (Wildman–Crippen MR) is 81.5 cm³/mol. The first-order valence-electron chi connectivity index (χ1n) is 7.59. The largest absolute Gasteiger partial charge is 0.391 e. The fourth-order valence-electron chi connectivity index (χ4n) is 2.95. The van der Waals surface area contributed by atoms with Crippen LogP contribution in [-0.2, 0) is 6.42 Å². The predicted octanol–water partition coefficient (Wildman–Crippen LogP) is 2.11. The van der Waals surface area contributed by atoms with Crippen molar-refractivity contribution in [3.05, 3.63) is 52.7 Å². The first-order chi connectivity index (χ1) is 10.9. The minimum Gasteiger partial charge on any atom is -0.391 e. The summed E-state index contributed by atoms with van der Waals surface area (Å²) in [6.45, 7) is 4.17. The van der Waals surface area contributed by atoms with Crippen LogP contribution in [-0.4, -0.2) is 40.3 Å². The highest BCUT2D eigenvalue weighted by Crippen LogP contribution is 2.24. The van der Waals surface area contributed by atoms with Crippen molar-refractivity contribution in [2.24, 2.45) is 5.92 Å². The van der Waals surface area contributed by atoms with Crippen LogP contribution in [0.2, 0.25) is 0 Å². The number of hydrogen-bond donors (Lipinski definition) is 1. The van der Waals surface area contributed by atoms with E-state index in [1.807, 2.05) is 13.0 Å². The van der Waals surface area contributed by atoms with Gasteiger partial charge in [0.1, 0.15) is 11.6 Å². The first-order valence-corrected chi connectivity index (χ1v) is 7.59. The number of rotatable bonds is 3. The van der Waals surface area contributed by atoms with Gasteiger partial charge in [0.25, 0.3) is 5.91 Å². The summed E-state index contributed by atoms with van der Waals surface area (Å²) < 4.78 is 18.5. The molecule has 2 atom stereocenters. The first kappa shape index (κ1) is 15.7. The number of likely N-dealkylation sites (tertiary alicyclic amines) is 1. The highest BCUT2D eigenvalue weighted by molar-refractivity contribution is 5.94. The molecule has 1 fully saturated rings. The van der Waals surface area contributed by atoms with E-state index in [1.54, 1.807) is 11.8 Å². The number of amides is 1. The topological polar surface area (TPSA) is 66.6 Å². The van der Waals surface area contributed by atoms with Gasteiger partial charge in [-0.25, -0.2) is 4.39 Å². The summed E-state index contributed by atoms with van der Waals surface area (Å²) in [6, 6.07) is 6.14. The van der Waals surface area contributed by atoms with Crippen LogP contribution < -0.4 is 0 Å².